The number of thioether (sulfide) groups is 1. The number of nitrogens with one attached hydrogen (secondary N) is 1. The molecule has 0 aliphatic carbocycles. The summed E-state index contributed by atoms with van der Waals surface area (Å²) in [5.74, 6) is 0.606. The van der Waals surface area contributed by atoms with Crippen LogP contribution in [0.1, 0.15) is 33.1 Å². The number of carbonyl (C=O) groups is 1. The zero-order valence-corrected chi connectivity index (χ0v) is 11.3. The predicted molar refractivity (Wildman–Crippen MR) is 69.5 cm³/mol. The Morgan fingerprint density at radius 3 is 2.75 bits per heavy atom. The summed E-state index contributed by atoms with van der Waals surface area (Å²) in [6, 6.07) is 0.146. The summed E-state index contributed by atoms with van der Waals surface area (Å²) in [6.45, 7) is 3.97. The van der Waals surface area contributed by atoms with E-state index in [0.717, 1.165) is 12.8 Å². The van der Waals surface area contributed by atoms with Crippen LogP contribution in [0.15, 0.2) is 0 Å². The smallest absolute Gasteiger partial charge is 0.220 e. The van der Waals surface area contributed by atoms with Crippen molar-refractivity contribution in [1.29, 1.82) is 0 Å². The molecule has 0 fully saturated rings. The lowest BCUT2D eigenvalue weighted by Crippen LogP contribution is -2.42. The van der Waals surface area contributed by atoms with Gasteiger partial charge < -0.3 is 16.2 Å². The highest BCUT2D eigenvalue weighted by Gasteiger charge is 2.20. The second-order valence-electron chi connectivity index (χ2n) is 4.58. The van der Waals surface area contributed by atoms with Gasteiger partial charge in [0.15, 0.2) is 0 Å². The van der Waals surface area contributed by atoms with Crippen LogP contribution >= 0.6 is 11.8 Å². The van der Waals surface area contributed by atoms with E-state index in [1.165, 1.54) is 0 Å². The van der Waals surface area contributed by atoms with Crippen LogP contribution in [-0.4, -0.2) is 41.2 Å². The fraction of sp³-hybridized carbons (Fsp3) is 0.909. The monoisotopic (exact) mass is 248 g/mol. The molecule has 0 heterocycles. The fourth-order valence-corrected chi connectivity index (χ4v) is 2.05. The molecule has 0 spiro atoms. The molecule has 0 saturated carbocycles. The summed E-state index contributed by atoms with van der Waals surface area (Å²) in [7, 11) is 0. The number of aliphatic hydroxyl groups is 1. The summed E-state index contributed by atoms with van der Waals surface area (Å²) in [5, 5.41) is 12.6. The zero-order chi connectivity index (χ0) is 12.6. The van der Waals surface area contributed by atoms with Crippen molar-refractivity contribution in [2.24, 2.45) is 5.73 Å². The van der Waals surface area contributed by atoms with E-state index in [1.807, 2.05) is 13.2 Å². The Bertz CT molecular complexity index is 208. The molecule has 0 aromatic carbocycles. The van der Waals surface area contributed by atoms with Gasteiger partial charge in [0.05, 0.1) is 5.60 Å². The Kier molecular flexibility index (Phi) is 7.80. The van der Waals surface area contributed by atoms with Crippen molar-refractivity contribution in [2.75, 3.05) is 18.6 Å². The van der Waals surface area contributed by atoms with Crippen LogP contribution in [-0.2, 0) is 4.79 Å². The summed E-state index contributed by atoms with van der Waals surface area (Å²) < 4.78 is 0. The molecule has 1 amide bonds. The maximum atomic E-state index is 11.4. The van der Waals surface area contributed by atoms with Crippen LogP contribution in [0.25, 0.3) is 0 Å². The molecule has 5 heteroatoms. The topological polar surface area (TPSA) is 75.3 Å². The third kappa shape index (κ3) is 9.00. The molecule has 0 aliphatic rings. The van der Waals surface area contributed by atoms with Gasteiger partial charge in [0, 0.05) is 24.8 Å². The Balaban J connectivity index is 3.64. The van der Waals surface area contributed by atoms with E-state index in [4.69, 9.17) is 5.73 Å². The van der Waals surface area contributed by atoms with Crippen molar-refractivity contribution < 1.29 is 9.90 Å². The predicted octanol–water partition coefficient (Wildman–Crippen LogP) is 0.734. The lowest BCUT2D eigenvalue weighted by Gasteiger charge is -2.22. The quantitative estimate of drug-likeness (QED) is 0.592. The molecule has 0 aromatic rings. The van der Waals surface area contributed by atoms with Crippen molar-refractivity contribution in [3.05, 3.63) is 0 Å². The molecule has 4 nitrogen and oxygen atoms in total. The van der Waals surface area contributed by atoms with Gasteiger partial charge in [-0.2, -0.15) is 11.8 Å². The average Bonchev–Trinajstić information content (AvgIpc) is 2.14. The first kappa shape index (κ1) is 15.7. The Morgan fingerprint density at radius 2 is 2.25 bits per heavy atom. The first-order valence-electron chi connectivity index (χ1n) is 5.61. The Morgan fingerprint density at radius 1 is 1.62 bits per heavy atom. The van der Waals surface area contributed by atoms with E-state index in [9.17, 15) is 9.90 Å². The SMILES string of the molecule is CSCC(C)(O)CNC(=O)CCCC(C)N. The van der Waals surface area contributed by atoms with Gasteiger partial charge in [0.25, 0.3) is 0 Å². The van der Waals surface area contributed by atoms with Crippen molar-refractivity contribution in [3.8, 4) is 0 Å². The molecular formula is C11H24N2O2S. The largest absolute Gasteiger partial charge is 0.387 e. The molecule has 0 bridgehead atoms. The van der Waals surface area contributed by atoms with Gasteiger partial charge in [-0.3, -0.25) is 4.79 Å². The zero-order valence-electron chi connectivity index (χ0n) is 10.5. The number of amides is 1. The third-order valence-electron chi connectivity index (χ3n) is 2.18. The van der Waals surface area contributed by atoms with Crippen LogP contribution in [0.2, 0.25) is 0 Å². The van der Waals surface area contributed by atoms with Crippen LogP contribution < -0.4 is 11.1 Å². The Hall–Kier alpha value is -0.260. The average molecular weight is 248 g/mol. The maximum Gasteiger partial charge on any atom is 0.220 e. The molecule has 0 aromatic heterocycles. The summed E-state index contributed by atoms with van der Waals surface area (Å²) in [4.78, 5) is 11.4. The highest BCUT2D eigenvalue weighted by Crippen LogP contribution is 2.09. The molecule has 0 radical (unpaired) electrons. The minimum absolute atomic E-state index is 0.0120. The molecule has 96 valence electrons. The van der Waals surface area contributed by atoms with Gasteiger partial charge >= 0.3 is 0 Å². The van der Waals surface area contributed by atoms with Crippen molar-refractivity contribution in [1.82, 2.24) is 5.32 Å². The first-order chi connectivity index (χ1) is 7.37. The minimum atomic E-state index is -0.823. The minimum Gasteiger partial charge on any atom is -0.387 e. The van der Waals surface area contributed by atoms with Crippen LogP contribution in [0.3, 0.4) is 0 Å². The van der Waals surface area contributed by atoms with Crippen molar-refractivity contribution >= 4 is 17.7 Å². The molecule has 0 rings (SSSR count). The van der Waals surface area contributed by atoms with Gasteiger partial charge in [0.1, 0.15) is 0 Å². The fourth-order valence-electron chi connectivity index (χ4n) is 1.32. The number of nitrogens with two attached hydrogens (primary N) is 1. The maximum absolute atomic E-state index is 11.4. The lowest BCUT2D eigenvalue weighted by atomic mass is 10.1. The van der Waals surface area contributed by atoms with E-state index >= 15 is 0 Å². The molecule has 16 heavy (non-hydrogen) atoms. The van der Waals surface area contributed by atoms with E-state index in [1.54, 1.807) is 18.7 Å². The third-order valence-corrected chi connectivity index (χ3v) is 3.10. The van der Waals surface area contributed by atoms with Crippen molar-refractivity contribution in [2.45, 2.75) is 44.8 Å². The summed E-state index contributed by atoms with van der Waals surface area (Å²) in [6.07, 6.45) is 4.07. The number of hydrogen-bond donors (Lipinski definition) is 3. The lowest BCUT2D eigenvalue weighted by molar-refractivity contribution is -0.122. The molecule has 2 atom stereocenters. The van der Waals surface area contributed by atoms with Crippen LogP contribution in [0.4, 0.5) is 0 Å². The summed E-state index contributed by atoms with van der Waals surface area (Å²) in [5.41, 5.74) is 4.76. The highest BCUT2D eigenvalue weighted by atomic mass is 32.2. The van der Waals surface area contributed by atoms with Gasteiger partial charge in [-0.25, -0.2) is 0 Å². The Labute approximate surface area is 102 Å². The number of rotatable bonds is 8. The van der Waals surface area contributed by atoms with Gasteiger partial charge in [-0.05, 0) is 32.9 Å². The van der Waals surface area contributed by atoms with Crippen molar-refractivity contribution in [3.63, 3.8) is 0 Å². The van der Waals surface area contributed by atoms with Gasteiger partial charge in [-0.15, -0.1) is 0 Å². The van der Waals surface area contributed by atoms with E-state index < -0.39 is 5.60 Å². The molecule has 2 unspecified atom stereocenters. The van der Waals surface area contributed by atoms with Gasteiger partial charge in [0.2, 0.25) is 5.91 Å². The van der Waals surface area contributed by atoms with E-state index in [2.05, 4.69) is 5.32 Å². The number of carbonyl (C=O) groups excluding carboxylic acids is 1. The molecule has 0 aliphatic heterocycles. The second kappa shape index (κ2) is 7.92. The van der Waals surface area contributed by atoms with Crippen LogP contribution in [0.5, 0.6) is 0 Å². The highest BCUT2D eigenvalue weighted by molar-refractivity contribution is 7.98. The summed E-state index contributed by atoms with van der Waals surface area (Å²) >= 11 is 1.56. The standard InChI is InChI=1S/C11H24N2O2S/c1-9(12)5-4-6-10(14)13-7-11(2,15)8-16-3/h9,15H,4-8,12H2,1-3H3,(H,13,14). The van der Waals surface area contributed by atoms with E-state index in [0.29, 0.717) is 18.7 Å². The first-order valence-corrected chi connectivity index (χ1v) is 7.00. The second-order valence-corrected chi connectivity index (χ2v) is 5.44. The molecule has 0 saturated heterocycles. The molecular weight excluding hydrogens is 224 g/mol. The van der Waals surface area contributed by atoms with Crippen LogP contribution in [0, 0.1) is 0 Å². The van der Waals surface area contributed by atoms with E-state index in [-0.39, 0.29) is 11.9 Å². The van der Waals surface area contributed by atoms with Gasteiger partial charge in [-0.1, -0.05) is 0 Å². The molecule has 4 N–H and O–H groups in total. The normalized spacial score (nSPS) is 16.6. The number of hydrogen-bond acceptors (Lipinski definition) is 4.